The van der Waals surface area contributed by atoms with Crippen LogP contribution in [-0.4, -0.2) is 36.8 Å². The Kier molecular flexibility index (Phi) is 4.37. The first-order valence-corrected chi connectivity index (χ1v) is 6.91. The molecule has 1 fully saturated rings. The van der Waals surface area contributed by atoms with Crippen LogP contribution in [0.3, 0.4) is 0 Å². The monoisotopic (exact) mass is 316 g/mol. The summed E-state index contributed by atoms with van der Waals surface area (Å²) in [5, 5.41) is 0.993. The summed E-state index contributed by atoms with van der Waals surface area (Å²) in [5.74, 6) is 0.194. The number of nitrogens with one attached hydrogen (secondary N) is 1. The molecule has 0 bridgehead atoms. The maximum atomic E-state index is 13.4. The summed E-state index contributed by atoms with van der Waals surface area (Å²) < 4.78 is 45.1. The van der Waals surface area contributed by atoms with Gasteiger partial charge in [0.05, 0.1) is 12.5 Å². The lowest BCUT2D eigenvalue weighted by molar-refractivity contribution is -0.188. The van der Waals surface area contributed by atoms with Crippen LogP contribution in [0.1, 0.15) is 19.4 Å². The van der Waals surface area contributed by atoms with Gasteiger partial charge in [0, 0.05) is 6.54 Å². The van der Waals surface area contributed by atoms with E-state index >= 15 is 0 Å². The van der Waals surface area contributed by atoms with Crippen LogP contribution in [0.2, 0.25) is 0 Å². The highest BCUT2D eigenvalue weighted by Gasteiger charge is 2.50. The number of carbonyl (C=O) groups is 1. The lowest BCUT2D eigenvalue weighted by Crippen LogP contribution is -2.51. The summed E-state index contributed by atoms with van der Waals surface area (Å²) >= 11 is 0. The molecule has 1 N–H and O–H groups in total. The highest BCUT2D eigenvalue weighted by molar-refractivity contribution is 5.83. The number of amides is 1. The molecule has 1 heterocycles. The molecule has 7 heteroatoms. The zero-order valence-corrected chi connectivity index (χ0v) is 12.7. The van der Waals surface area contributed by atoms with Crippen molar-refractivity contribution >= 4 is 5.91 Å². The van der Waals surface area contributed by atoms with Crippen LogP contribution in [0, 0.1) is 5.41 Å². The summed E-state index contributed by atoms with van der Waals surface area (Å²) in [6.07, 6.45) is -4.67. The molecule has 1 aliphatic heterocycles. The van der Waals surface area contributed by atoms with Crippen molar-refractivity contribution < 1.29 is 22.7 Å². The van der Waals surface area contributed by atoms with Gasteiger partial charge in [0.25, 0.3) is 0 Å². The molecular formula is C15H19F3N2O2. The fraction of sp³-hybridized carbons (Fsp3) is 0.533. The lowest BCUT2D eigenvalue weighted by atomic mass is 9.94. The first-order valence-electron chi connectivity index (χ1n) is 6.91. The van der Waals surface area contributed by atoms with Crippen molar-refractivity contribution in [1.82, 2.24) is 10.4 Å². The number of alkyl halides is 3. The minimum Gasteiger partial charge on any atom is -0.497 e. The molecular weight excluding hydrogens is 297 g/mol. The Balaban J connectivity index is 2.19. The van der Waals surface area contributed by atoms with Gasteiger partial charge in [-0.05, 0) is 38.0 Å². The highest BCUT2D eigenvalue weighted by atomic mass is 19.4. The third-order valence-corrected chi connectivity index (χ3v) is 3.77. The molecule has 1 unspecified atom stereocenters. The third-order valence-electron chi connectivity index (χ3n) is 3.77. The molecule has 0 aliphatic carbocycles. The predicted octanol–water partition coefficient (Wildman–Crippen LogP) is 2.54. The summed E-state index contributed by atoms with van der Waals surface area (Å²) in [6, 6.07) is 4.68. The van der Waals surface area contributed by atoms with Crippen molar-refractivity contribution in [3.05, 3.63) is 29.8 Å². The van der Waals surface area contributed by atoms with Crippen molar-refractivity contribution in [3.8, 4) is 5.75 Å². The average molecular weight is 316 g/mol. The van der Waals surface area contributed by atoms with Crippen molar-refractivity contribution in [1.29, 1.82) is 0 Å². The minimum atomic E-state index is -4.44. The number of hydrazine groups is 1. The third kappa shape index (κ3) is 3.52. The lowest BCUT2D eigenvalue weighted by Gasteiger charge is -2.29. The van der Waals surface area contributed by atoms with E-state index in [1.807, 2.05) is 0 Å². The first kappa shape index (κ1) is 16.6. The van der Waals surface area contributed by atoms with Gasteiger partial charge in [-0.15, -0.1) is 0 Å². The SMILES string of the molecule is COc1ccc(CC(N2CC(C)(C)C(=O)N2)C(F)(F)F)cc1. The number of nitrogens with zero attached hydrogens (tertiary/aromatic N) is 1. The Hall–Kier alpha value is -1.76. The van der Waals surface area contributed by atoms with E-state index in [0.29, 0.717) is 11.3 Å². The van der Waals surface area contributed by atoms with Gasteiger partial charge in [0.15, 0.2) is 0 Å². The van der Waals surface area contributed by atoms with Crippen molar-refractivity contribution in [3.63, 3.8) is 0 Å². The van der Waals surface area contributed by atoms with E-state index in [1.54, 1.807) is 38.1 Å². The van der Waals surface area contributed by atoms with E-state index in [4.69, 9.17) is 4.74 Å². The number of hydrogen-bond donors (Lipinski definition) is 1. The maximum absolute atomic E-state index is 13.4. The topological polar surface area (TPSA) is 41.6 Å². The number of rotatable bonds is 4. The fourth-order valence-electron chi connectivity index (χ4n) is 2.39. The standard InChI is InChI=1S/C15H19F3N2O2/c1-14(2)9-20(19-13(14)21)12(15(16,17)18)8-10-4-6-11(22-3)7-5-10/h4-7,12H,8-9H2,1-3H3,(H,19,21). The quantitative estimate of drug-likeness (QED) is 0.928. The molecule has 1 saturated heterocycles. The van der Waals surface area contributed by atoms with Gasteiger partial charge in [0.2, 0.25) is 5.91 Å². The predicted molar refractivity (Wildman–Crippen MR) is 75.2 cm³/mol. The molecule has 2 rings (SSSR count). The normalized spacial score (nSPS) is 19.8. The van der Waals surface area contributed by atoms with E-state index in [-0.39, 0.29) is 13.0 Å². The number of methoxy groups -OCH3 is 1. The van der Waals surface area contributed by atoms with E-state index in [2.05, 4.69) is 5.43 Å². The Morgan fingerprint density at radius 3 is 2.32 bits per heavy atom. The zero-order chi connectivity index (χ0) is 16.5. The van der Waals surface area contributed by atoms with Gasteiger partial charge >= 0.3 is 6.18 Å². The molecule has 1 atom stereocenters. The van der Waals surface area contributed by atoms with Crippen LogP contribution in [-0.2, 0) is 11.2 Å². The number of benzene rings is 1. The Labute approximate surface area is 127 Å². The summed E-state index contributed by atoms with van der Waals surface area (Å²) in [7, 11) is 1.50. The van der Waals surface area contributed by atoms with Crippen LogP contribution in [0.5, 0.6) is 5.75 Å². The highest BCUT2D eigenvalue weighted by Crippen LogP contribution is 2.32. The molecule has 1 amide bonds. The summed E-state index contributed by atoms with van der Waals surface area (Å²) in [4.78, 5) is 11.7. The number of carbonyl (C=O) groups excluding carboxylic acids is 1. The van der Waals surface area contributed by atoms with Gasteiger partial charge < -0.3 is 4.74 Å². The number of halogens is 3. The van der Waals surface area contributed by atoms with Crippen LogP contribution in [0.25, 0.3) is 0 Å². The molecule has 0 radical (unpaired) electrons. The van der Waals surface area contributed by atoms with E-state index in [9.17, 15) is 18.0 Å². The smallest absolute Gasteiger partial charge is 0.406 e. The number of ether oxygens (including phenoxy) is 1. The van der Waals surface area contributed by atoms with Crippen molar-refractivity contribution in [2.45, 2.75) is 32.5 Å². The molecule has 0 spiro atoms. The maximum Gasteiger partial charge on any atom is 0.406 e. The van der Waals surface area contributed by atoms with E-state index in [0.717, 1.165) is 5.01 Å². The van der Waals surface area contributed by atoms with Crippen LogP contribution in [0.15, 0.2) is 24.3 Å². The Morgan fingerprint density at radius 2 is 1.91 bits per heavy atom. The fourth-order valence-corrected chi connectivity index (χ4v) is 2.39. The zero-order valence-electron chi connectivity index (χ0n) is 12.7. The van der Waals surface area contributed by atoms with Crippen LogP contribution >= 0.6 is 0 Å². The molecule has 22 heavy (non-hydrogen) atoms. The van der Waals surface area contributed by atoms with Crippen LogP contribution < -0.4 is 10.2 Å². The second-order valence-electron chi connectivity index (χ2n) is 6.06. The van der Waals surface area contributed by atoms with E-state index < -0.39 is 23.5 Å². The van der Waals surface area contributed by atoms with Gasteiger partial charge in [-0.2, -0.15) is 13.2 Å². The van der Waals surface area contributed by atoms with Crippen molar-refractivity contribution in [2.75, 3.05) is 13.7 Å². The molecule has 1 aliphatic rings. The molecule has 0 saturated carbocycles. The molecule has 0 aromatic heterocycles. The second kappa shape index (κ2) is 5.79. The minimum absolute atomic E-state index is 0.0200. The van der Waals surface area contributed by atoms with Crippen molar-refractivity contribution in [2.24, 2.45) is 5.41 Å². The van der Waals surface area contributed by atoms with Gasteiger partial charge in [0.1, 0.15) is 11.8 Å². The first-order chi connectivity index (χ1) is 10.1. The van der Waals surface area contributed by atoms with Gasteiger partial charge in [-0.25, -0.2) is 5.01 Å². The Morgan fingerprint density at radius 1 is 1.32 bits per heavy atom. The summed E-state index contributed by atoms with van der Waals surface area (Å²) in [5.41, 5.74) is 2.04. The Bertz CT molecular complexity index is 541. The molecule has 4 nitrogen and oxygen atoms in total. The van der Waals surface area contributed by atoms with Crippen LogP contribution in [0.4, 0.5) is 13.2 Å². The largest absolute Gasteiger partial charge is 0.497 e. The molecule has 122 valence electrons. The summed E-state index contributed by atoms with van der Waals surface area (Å²) in [6.45, 7) is 3.28. The molecule has 1 aromatic carbocycles. The number of hydrogen-bond acceptors (Lipinski definition) is 3. The van der Waals surface area contributed by atoms with Gasteiger partial charge in [-0.3, -0.25) is 10.2 Å². The second-order valence-corrected chi connectivity index (χ2v) is 6.06. The van der Waals surface area contributed by atoms with E-state index in [1.165, 1.54) is 7.11 Å². The molecule has 1 aromatic rings. The average Bonchev–Trinajstić information content (AvgIpc) is 2.69. The van der Waals surface area contributed by atoms with Gasteiger partial charge in [-0.1, -0.05) is 12.1 Å².